The maximum absolute atomic E-state index is 13.6. The number of anilines is 1. The molecule has 1 aliphatic carbocycles. The van der Waals surface area contributed by atoms with E-state index in [1.165, 1.54) is 42.1 Å². The van der Waals surface area contributed by atoms with Crippen LogP contribution in [0.3, 0.4) is 0 Å². The van der Waals surface area contributed by atoms with E-state index in [-0.39, 0.29) is 33.9 Å². The van der Waals surface area contributed by atoms with Gasteiger partial charge in [0.05, 0.1) is 5.56 Å². The molecule has 0 saturated heterocycles. The van der Waals surface area contributed by atoms with E-state index >= 15 is 0 Å². The summed E-state index contributed by atoms with van der Waals surface area (Å²) in [6, 6.07) is 22.1. The summed E-state index contributed by atoms with van der Waals surface area (Å²) in [4.78, 5) is 41.0. The first kappa shape index (κ1) is 22.1. The van der Waals surface area contributed by atoms with Gasteiger partial charge in [0, 0.05) is 42.8 Å². The van der Waals surface area contributed by atoms with E-state index in [9.17, 15) is 18.8 Å². The second-order valence-corrected chi connectivity index (χ2v) is 9.11. The lowest BCUT2D eigenvalue weighted by molar-refractivity contribution is 0.0975. The van der Waals surface area contributed by atoms with Crippen molar-refractivity contribution >= 4 is 46.5 Å². The van der Waals surface area contributed by atoms with Gasteiger partial charge in [-0.2, -0.15) is 0 Å². The standard InChI is InChI=1S/C27H15ClFNO3S/c28-15-8-10-18(11-9-15)34-26-22(27(33)30-17-5-3-4-16(29)14-17)13-12-21-23(26)25(32)20-7-2-1-6-19(20)24(21)31/h1-14H,(H,30,33). The van der Waals surface area contributed by atoms with Crippen molar-refractivity contribution in [3.63, 3.8) is 0 Å². The molecular weight excluding hydrogens is 473 g/mol. The van der Waals surface area contributed by atoms with Crippen molar-refractivity contribution < 1.29 is 18.8 Å². The molecule has 0 bridgehead atoms. The number of rotatable bonds is 4. The quantitative estimate of drug-likeness (QED) is 0.308. The lowest BCUT2D eigenvalue weighted by atomic mass is 9.83. The Kier molecular flexibility index (Phi) is 5.77. The molecular formula is C27H15ClFNO3S. The first-order valence-corrected chi connectivity index (χ1v) is 11.5. The van der Waals surface area contributed by atoms with Crippen molar-refractivity contribution in [3.8, 4) is 0 Å². The number of nitrogens with one attached hydrogen (secondary N) is 1. The number of ketones is 2. The summed E-state index contributed by atoms with van der Waals surface area (Å²) in [6.45, 7) is 0. The highest BCUT2D eigenvalue weighted by Crippen LogP contribution is 2.40. The van der Waals surface area contributed by atoms with Crippen LogP contribution in [0.4, 0.5) is 10.1 Å². The average Bonchev–Trinajstić information content (AvgIpc) is 2.83. The molecule has 0 atom stereocenters. The van der Waals surface area contributed by atoms with Crippen LogP contribution in [0, 0.1) is 5.82 Å². The summed E-state index contributed by atoms with van der Waals surface area (Å²) in [5.41, 5.74) is 1.51. The van der Waals surface area contributed by atoms with Gasteiger partial charge < -0.3 is 5.32 Å². The molecule has 0 radical (unpaired) electrons. The average molecular weight is 488 g/mol. The van der Waals surface area contributed by atoms with Crippen LogP contribution in [0.15, 0.2) is 94.7 Å². The molecule has 0 aliphatic heterocycles. The molecule has 0 aromatic heterocycles. The summed E-state index contributed by atoms with van der Waals surface area (Å²) >= 11 is 7.20. The third kappa shape index (κ3) is 4.02. The van der Waals surface area contributed by atoms with Crippen molar-refractivity contribution in [2.75, 3.05) is 5.32 Å². The maximum atomic E-state index is 13.6. The summed E-state index contributed by atoms with van der Waals surface area (Å²) in [7, 11) is 0. The van der Waals surface area contributed by atoms with Gasteiger partial charge in [-0.1, -0.05) is 53.7 Å². The predicted octanol–water partition coefficient (Wildman–Crippen LogP) is 6.66. The number of carbonyl (C=O) groups is 3. The molecule has 4 nitrogen and oxygen atoms in total. The van der Waals surface area contributed by atoms with Gasteiger partial charge in [0.25, 0.3) is 5.91 Å². The highest BCUT2D eigenvalue weighted by molar-refractivity contribution is 7.99. The number of hydrogen-bond acceptors (Lipinski definition) is 4. The predicted molar refractivity (Wildman–Crippen MR) is 130 cm³/mol. The van der Waals surface area contributed by atoms with Crippen LogP contribution in [0.25, 0.3) is 0 Å². The van der Waals surface area contributed by atoms with Gasteiger partial charge in [-0.05, 0) is 54.6 Å². The molecule has 0 unspecified atom stereocenters. The van der Waals surface area contributed by atoms with Gasteiger partial charge in [0.2, 0.25) is 0 Å². The highest BCUT2D eigenvalue weighted by atomic mass is 35.5. The Hall–Kier alpha value is -3.74. The number of hydrogen-bond donors (Lipinski definition) is 1. The first-order valence-electron chi connectivity index (χ1n) is 10.3. The summed E-state index contributed by atoms with van der Waals surface area (Å²) < 4.78 is 13.6. The molecule has 0 heterocycles. The van der Waals surface area contributed by atoms with Crippen LogP contribution in [-0.4, -0.2) is 17.5 Å². The molecule has 0 fully saturated rings. The SMILES string of the molecule is O=C(Nc1cccc(F)c1)c1ccc2c(c1Sc1ccc(Cl)cc1)C(=O)c1ccccc1C2=O. The second-order valence-electron chi connectivity index (χ2n) is 7.59. The topological polar surface area (TPSA) is 63.2 Å². The molecule has 0 spiro atoms. The lowest BCUT2D eigenvalue weighted by Gasteiger charge is -2.22. The van der Waals surface area contributed by atoms with Crippen molar-refractivity contribution in [3.05, 3.63) is 124 Å². The molecule has 0 saturated carbocycles. The van der Waals surface area contributed by atoms with Gasteiger partial charge in [-0.25, -0.2) is 4.39 Å². The Morgan fingerprint density at radius 2 is 1.50 bits per heavy atom. The smallest absolute Gasteiger partial charge is 0.256 e. The molecule has 1 N–H and O–H groups in total. The molecule has 1 amide bonds. The molecule has 4 aromatic carbocycles. The third-order valence-corrected chi connectivity index (χ3v) is 6.79. The fraction of sp³-hybridized carbons (Fsp3) is 0. The second kappa shape index (κ2) is 8.89. The molecule has 4 aromatic rings. The van der Waals surface area contributed by atoms with Crippen LogP contribution in [0.1, 0.15) is 42.2 Å². The van der Waals surface area contributed by atoms with Gasteiger partial charge >= 0.3 is 0 Å². The van der Waals surface area contributed by atoms with Gasteiger partial charge in [0.15, 0.2) is 11.6 Å². The number of fused-ring (bicyclic) bond motifs is 2. The zero-order valence-electron chi connectivity index (χ0n) is 17.5. The normalized spacial score (nSPS) is 12.2. The number of halogens is 2. The third-order valence-electron chi connectivity index (χ3n) is 5.41. The van der Waals surface area contributed by atoms with Crippen LogP contribution in [0.2, 0.25) is 5.02 Å². The Bertz CT molecular complexity index is 1480. The monoisotopic (exact) mass is 487 g/mol. The van der Waals surface area contributed by atoms with Crippen molar-refractivity contribution in [1.82, 2.24) is 0 Å². The van der Waals surface area contributed by atoms with E-state index < -0.39 is 11.7 Å². The van der Waals surface area contributed by atoms with Crippen molar-refractivity contribution in [1.29, 1.82) is 0 Å². The number of amides is 1. The van der Waals surface area contributed by atoms with E-state index in [1.807, 2.05) is 0 Å². The van der Waals surface area contributed by atoms with Gasteiger partial charge in [0.1, 0.15) is 5.82 Å². The van der Waals surface area contributed by atoms with E-state index in [4.69, 9.17) is 11.6 Å². The van der Waals surface area contributed by atoms with E-state index in [0.717, 1.165) is 4.90 Å². The zero-order chi connectivity index (χ0) is 23.8. The molecule has 1 aliphatic rings. The van der Waals surface area contributed by atoms with Crippen LogP contribution in [0.5, 0.6) is 0 Å². The number of benzene rings is 4. The molecule has 5 rings (SSSR count). The zero-order valence-corrected chi connectivity index (χ0v) is 19.0. The van der Waals surface area contributed by atoms with Crippen LogP contribution >= 0.6 is 23.4 Å². The number of carbonyl (C=O) groups excluding carboxylic acids is 3. The van der Waals surface area contributed by atoms with Gasteiger partial charge in [-0.15, -0.1) is 0 Å². The summed E-state index contributed by atoms with van der Waals surface area (Å²) in [5.74, 6) is -1.62. The van der Waals surface area contributed by atoms with Crippen LogP contribution < -0.4 is 5.32 Å². The fourth-order valence-electron chi connectivity index (χ4n) is 3.83. The highest BCUT2D eigenvalue weighted by Gasteiger charge is 2.34. The van der Waals surface area contributed by atoms with Crippen LogP contribution in [-0.2, 0) is 0 Å². The Morgan fingerprint density at radius 1 is 0.794 bits per heavy atom. The van der Waals surface area contributed by atoms with Gasteiger partial charge in [-0.3, -0.25) is 14.4 Å². The minimum absolute atomic E-state index is 0.176. The Balaban J connectivity index is 1.66. The molecule has 166 valence electrons. The molecule has 7 heteroatoms. The maximum Gasteiger partial charge on any atom is 0.256 e. The van der Waals surface area contributed by atoms with Crippen molar-refractivity contribution in [2.45, 2.75) is 9.79 Å². The minimum Gasteiger partial charge on any atom is -0.322 e. The minimum atomic E-state index is -0.524. The Labute approximate surface area is 203 Å². The van der Waals surface area contributed by atoms with E-state index in [0.29, 0.717) is 21.0 Å². The largest absolute Gasteiger partial charge is 0.322 e. The summed E-state index contributed by atoms with van der Waals surface area (Å²) in [5, 5.41) is 3.22. The summed E-state index contributed by atoms with van der Waals surface area (Å²) in [6.07, 6.45) is 0. The van der Waals surface area contributed by atoms with Crippen molar-refractivity contribution in [2.24, 2.45) is 0 Å². The van der Waals surface area contributed by atoms with E-state index in [1.54, 1.807) is 54.6 Å². The molecule has 34 heavy (non-hydrogen) atoms. The first-order chi connectivity index (χ1) is 16.4. The Morgan fingerprint density at radius 3 is 2.21 bits per heavy atom. The van der Waals surface area contributed by atoms with E-state index in [2.05, 4.69) is 5.32 Å². The fourth-order valence-corrected chi connectivity index (χ4v) is 5.04. The lowest BCUT2D eigenvalue weighted by Crippen LogP contribution is -2.24.